The van der Waals surface area contributed by atoms with Crippen LogP contribution in [0.15, 0.2) is 0 Å². The molecule has 0 heterocycles. The molecule has 0 saturated heterocycles. The van der Waals surface area contributed by atoms with E-state index in [1.807, 2.05) is 0 Å². The molecule has 1 unspecified atom stereocenters. The number of hydrogen-bond acceptors (Lipinski definition) is 4. The van der Waals surface area contributed by atoms with E-state index in [0.29, 0.717) is 0 Å². The molecule has 0 aliphatic rings. The third-order valence-corrected chi connectivity index (χ3v) is 1.37. The summed E-state index contributed by atoms with van der Waals surface area (Å²) in [5.74, 6) is -2.82. The van der Waals surface area contributed by atoms with E-state index in [0.717, 1.165) is 0 Å². The van der Waals surface area contributed by atoms with Crippen molar-refractivity contribution < 1.29 is 101 Å². The van der Waals surface area contributed by atoms with Crippen molar-refractivity contribution in [1.82, 2.24) is 0 Å². The molecule has 8 heteroatoms. The largest absolute Gasteiger partial charge is 1.00 e. The summed E-state index contributed by atoms with van der Waals surface area (Å²) in [6, 6.07) is 0. The SMILES string of the molecule is O=C([O-])CC([Se])C(=O)[O-].[Au].[Na+].[Na+]. The van der Waals surface area contributed by atoms with Crippen molar-refractivity contribution in [2.45, 2.75) is 11.2 Å². The van der Waals surface area contributed by atoms with E-state index in [4.69, 9.17) is 0 Å². The third-order valence-electron chi connectivity index (χ3n) is 0.615. The Morgan fingerprint density at radius 2 is 1.58 bits per heavy atom. The van der Waals surface area contributed by atoms with Gasteiger partial charge in [-0.15, -0.1) is 0 Å². The van der Waals surface area contributed by atoms with Gasteiger partial charge in [0, 0.05) is 22.4 Å². The molecule has 0 amide bonds. The number of carboxylic acid groups (broad SMARTS) is 2. The summed E-state index contributed by atoms with van der Waals surface area (Å²) in [7, 11) is 0. The molecule has 0 spiro atoms. The van der Waals surface area contributed by atoms with Crippen LogP contribution in [0.5, 0.6) is 0 Å². The van der Waals surface area contributed by atoms with E-state index in [1.54, 1.807) is 0 Å². The summed E-state index contributed by atoms with van der Waals surface area (Å²) in [5.41, 5.74) is 0. The molecule has 0 rings (SSSR count). The van der Waals surface area contributed by atoms with Crippen LogP contribution in [-0.4, -0.2) is 28.0 Å². The molecule has 0 saturated carbocycles. The van der Waals surface area contributed by atoms with E-state index in [-0.39, 0.29) is 81.5 Å². The van der Waals surface area contributed by atoms with Crippen molar-refractivity contribution in [2.75, 3.05) is 0 Å². The fourth-order valence-electron chi connectivity index (χ4n) is 0.235. The van der Waals surface area contributed by atoms with Crippen molar-refractivity contribution in [3.05, 3.63) is 0 Å². The Hall–Kier alpha value is 2.20. The maximum Gasteiger partial charge on any atom is 1.00 e. The van der Waals surface area contributed by atoms with Crippen molar-refractivity contribution in [2.24, 2.45) is 0 Å². The number of carboxylic acids is 2. The molecule has 0 aliphatic heterocycles. The number of carbonyl (C=O) groups excluding carboxylic acids is 2. The van der Waals surface area contributed by atoms with Gasteiger partial charge in [-0.1, -0.05) is 0 Å². The molecule has 0 aromatic carbocycles. The summed E-state index contributed by atoms with van der Waals surface area (Å²) in [5, 5.41) is 19.5. The fraction of sp³-hybridized carbons (Fsp3) is 0.500. The van der Waals surface area contributed by atoms with Gasteiger partial charge in [0.1, 0.15) is 0 Å². The summed E-state index contributed by atoms with van der Waals surface area (Å²) in [6.45, 7) is 0. The maximum atomic E-state index is 9.80. The normalized spacial score (nSPS) is 9.42. The predicted molar refractivity (Wildman–Crippen MR) is 24.1 cm³/mol. The van der Waals surface area contributed by atoms with Crippen LogP contribution in [0.25, 0.3) is 0 Å². The summed E-state index contributed by atoms with van der Waals surface area (Å²) in [6.07, 6.45) is -0.539. The van der Waals surface area contributed by atoms with E-state index in [9.17, 15) is 19.8 Å². The van der Waals surface area contributed by atoms with Crippen LogP contribution in [0.1, 0.15) is 6.42 Å². The number of hydrogen-bond donors (Lipinski definition) is 0. The van der Waals surface area contributed by atoms with Crippen molar-refractivity contribution in [3.8, 4) is 0 Å². The molecule has 0 bridgehead atoms. The van der Waals surface area contributed by atoms with E-state index < -0.39 is 23.2 Å². The number of aliphatic carboxylic acids is 2. The van der Waals surface area contributed by atoms with Gasteiger partial charge in [-0.25, -0.2) is 0 Å². The van der Waals surface area contributed by atoms with Crippen LogP contribution in [0.3, 0.4) is 0 Å². The van der Waals surface area contributed by atoms with Gasteiger partial charge in [0.2, 0.25) is 0 Å². The van der Waals surface area contributed by atoms with Crippen LogP contribution < -0.4 is 69.3 Å². The van der Waals surface area contributed by atoms with Crippen molar-refractivity contribution in [1.29, 1.82) is 0 Å². The topological polar surface area (TPSA) is 80.3 Å². The first kappa shape index (κ1) is 23.8. The molecule has 12 heavy (non-hydrogen) atoms. The summed E-state index contributed by atoms with van der Waals surface area (Å²) in [4.78, 5) is 18.4. The monoisotopic (exact) mass is 438 g/mol. The second-order valence-electron chi connectivity index (χ2n) is 1.38. The van der Waals surface area contributed by atoms with Crippen molar-refractivity contribution in [3.63, 3.8) is 0 Å². The van der Waals surface area contributed by atoms with Crippen LogP contribution in [0.4, 0.5) is 0 Å². The Balaban J connectivity index is -0.000000107. The minimum absolute atomic E-state index is 0. The predicted octanol–water partition coefficient (Wildman–Crippen LogP) is -9.16. The summed E-state index contributed by atoms with van der Waals surface area (Å²) >= 11 is 2.12. The molecular formula is C4H3AuNa2O4Se. The van der Waals surface area contributed by atoms with Gasteiger partial charge in [-0.3, -0.25) is 0 Å². The molecule has 0 aliphatic carbocycles. The maximum absolute atomic E-state index is 9.80. The van der Waals surface area contributed by atoms with E-state index in [1.165, 1.54) is 0 Å². The van der Waals surface area contributed by atoms with Gasteiger partial charge < -0.3 is 0 Å². The van der Waals surface area contributed by atoms with Crippen LogP contribution >= 0.6 is 0 Å². The fourth-order valence-corrected chi connectivity index (χ4v) is 0.520. The third kappa shape index (κ3) is 14.7. The molecule has 0 aromatic heterocycles. The Labute approximate surface area is 138 Å². The van der Waals surface area contributed by atoms with Crippen molar-refractivity contribution >= 4 is 28.0 Å². The molecule has 0 N–H and O–H groups in total. The van der Waals surface area contributed by atoms with Gasteiger partial charge in [0.05, 0.1) is 0 Å². The zero-order chi connectivity index (χ0) is 7.44. The second-order valence-corrected chi connectivity index (χ2v) is 2.58. The average molecular weight is 437 g/mol. The number of rotatable bonds is 3. The molecule has 62 valence electrons. The zero-order valence-electron chi connectivity index (χ0n) is 6.63. The first-order valence-corrected chi connectivity index (χ1v) is 3.09. The summed E-state index contributed by atoms with van der Waals surface area (Å²) < 4.78 is 0. The standard InChI is InChI=1S/C4H5O4Se.Au.2Na/c5-3(6)1-2(9)4(7)8;;;/h2H,1H2,(H,5,6)(H,7,8);;;/q;;2*+1/p-2. The Morgan fingerprint density at radius 1 is 1.25 bits per heavy atom. The quantitative estimate of drug-likeness (QED) is 0.411. The van der Waals surface area contributed by atoms with Gasteiger partial charge >= 0.3 is 118 Å². The molecule has 2 radical (unpaired) electrons. The number of carbonyl (C=O) groups is 2. The smallest absolute Gasteiger partial charge is 0 e. The zero-order valence-corrected chi connectivity index (χ0v) is 14.5. The average Bonchev–Trinajstić information content (AvgIpc) is 1.63. The Bertz CT molecular complexity index is 145. The minimum atomic E-state index is -1.42. The molecule has 0 aromatic rings. The molecule has 0 fully saturated rings. The minimum Gasteiger partial charge on any atom is 0 e. The first-order valence-electron chi connectivity index (χ1n) is 2.10. The van der Waals surface area contributed by atoms with E-state index >= 15 is 0 Å². The second kappa shape index (κ2) is 13.2. The molecular weight excluding hydrogens is 434 g/mol. The first-order chi connectivity index (χ1) is 4.04. The Kier molecular flexibility index (Phi) is 26.2. The van der Waals surface area contributed by atoms with Crippen LogP contribution in [-0.2, 0) is 32.0 Å². The van der Waals surface area contributed by atoms with Gasteiger partial charge in [0.25, 0.3) is 0 Å². The van der Waals surface area contributed by atoms with Crippen LogP contribution in [0, 0.1) is 0 Å². The van der Waals surface area contributed by atoms with E-state index in [2.05, 4.69) is 16.0 Å². The molecule has 1 atom stereocenters. The van der Waals surface area contributed by atoms with Gasteiger partial charge in [-0.2, -0.15) is 0 Å². The van der Waals surface area contributed by atoms with Crippen LogP contribution in [0.2, 0.25) is 4.82 Å². The molecule has 4 nitrogen and oxygen atoms in total. The Morgan fingerprint density at radius 3 is 1.67 bits per heavy atom. The van der Waals surface area contributed by atoms with Gasteiger partial charge in [-0.05, 0) is 0 Å². The van der Waals surface area contributed by atoms with Gasteiger partial charge in [0.15, 0.2) is 0 Å².